The van der Waals surface area contributed by atoms with Gasteiger partial charge in [0.25, 0.3) is 0 Å². The maximum absolute atomic E-state index is 14.0. The molecular formula is C64H115N9O31P-. The Balaban J connectivity index is 1.33. The van der Waals surface area contributed by atoms with E-state index in [9.17, 15) is 93.8 Å². The van der Waals surface area contributed by atoms with E-state index in [4.69, 9.17) is 56.6 Å². The molecule has 4 fully saturated rings. The first-order valence-electron chi connectivity index (χ1n) is 35.4. The predicted octanol–water partition coefficient (Wildman–Crippen LogP) is -8.40. The molecule has 0 aromatic rings. The highest BCUT2D eigenvalue weighted by Gasteiger charge is 2.48. The van der Waals surface area contributed by atoms with Crippen LogP contribution in [0.25, 0.3) is 0 Å². The van der Waals surface area contributed by atoms with E-state index in [1.807, 2.05) is 0 Å². The van der Waals surface area contributed by atoms with Gasteiger partial charge in [0, 0.05) is 85.6 Å². The van der Waals surface area contributed by atoms with E-state index >= 15 is 0 Å². The highest BCUT2D eigenvalue weighted by molar-refractivity contribution is 7.51. The summed E-state index contributed by atoms with van der Waals surface area (Å²) in [6.07, 6.45) is -16.2. The fourth-order valence-electron chi connectivity index (χ4n) is 11.5. The van der Waals surface area contributed by atoms with Crippen molar-refractivity contribution in [1.29, 1.82) is 0 Å². The summed E-state index contributed by atoms with van der Waals surface area (Å²) in [5, 5.41) is 107. The summed E-state index contributed by atoms with van der Waals surface area (Å²) in [5.41, 5.74) is -0.509. The summed E-state index contributed by atoms with van der Waals surface area (Å²) in [5.74, 6) is -3.88. The average Bonchev–Trinajstić information content (AvgIpc) is 0.817. The third-order valence-corrected chi connectivity index (χ3v) is 18.6. The molecular weight excluding hydrogens is 1420 g/mol. The molecule has 8 amide bonds. The molecule has 15 N–H and O–H groups in total. The second-order valence-electron chi connectivity index (χ2n) is 26.8. The molecule has 0 bridgehead atoms. The highest BCUT2D eigenvalue weighted by Crippen LogP contribution is 2.45. The molecule has 0 aromatic heterocycles. The minimum Gasteiger partial charge on any atom is -0.778 e. The number of aliphatic hydroxyl groups is 9. The van der Waals surface area contributed by atoms with E-state index in [1.165, 1.54) is 30.6 Å². The van der Waals surface area contributed by atoms with Gasteiger partial charge in [0.1, 0.15) is 80.7 Å². The van der Waals surface area contributed by atoms with E-state index in [1.54, 1.807) is 25.7 Å². The zero-order valence-electron chi connectivity index (χ0n) is 60.9. The second-order valence-corrected chi connectivity index (χ2v) is 28.5. The van der Waals surface area contributed by atoms with Gasteiger partial charge in [-0.3, -0.25) is 43.3 Å². The minimum atomic E-state index is -4.13. The molecule has 0 radical (unpaired) electrons. The van der Waals surface area contributed by atoms with E-state index < -0.39 is 179 Å². The summed E-state index contributed by atoms with van der Waals surface area (Å²) in [4.78, 5) is 120. The molecule has 0 spiro atoms. The van der Waals surface area contributed by atoms with Gasteiger partial charge in [-0.2, -0.15) is 0 Å². The molecule has 4 aliphatic heterocycles. The number of ether oxygens (including phenoxy) is 11. The first-order valence-corrected chi connectivity index (χ1v) is 37.1. The summed E-state index contributed by atoms with van der Waals surface area (Å²) in [6.45, 7) is 6.74. The number of hydrogen-bond donors (Lipinski definition) is 15. The Bertz CT molecular complexity index is 2550. The van der Waals surface area contributed by atoms with Crippen molar-refractivity contribution in [2.75, 3.05) is 177 Å². The van der Waals surface area contributed by atoms with Crippen LogP contribution in [0.5, 0.6) is 0 Å². The zero-order chi connectivity index (χ0) is 77.7. The number of hydrogen-bond acceptors (Lipinski definition) is 32. The van der Waals surface area contributed by atoms with Crippen LogP contribution < -0.4 is 36.8 Å². The third kappa shape index (κ3) is 35.5. The maximum atomic E-state index is 14.0. The summed E-state index contributed by atoms with van der Waals surface area (Å²) in [6, 6.07) is -3.43. The lowest BCUT2D eigenvalue weighted by Crippen LogP contribution is -2.64. The second kappa shape index (κ2) is 49.3. The topological polar surface area (TPSA) is 551 Å². The van der Waals surface area contributed by atoms with Crippen LogP contribution in [0.3, 0.4) is 0 Å². The van der Waals surface area contributed by atoms with Gasteiger partial charge in [0.2, 0.25) is 47.3 Å². The van der Waals surface area contributed by atoms with Gasteiger partial charge in [0.15, 0.2) is 18.9 Å². The first-order chi connectivity index (χ1) is 49.9. The van der Waals surface area contributed by atoms with E-state index in [2.05, 4.69) is 31.9 Å². The number of amides is 8. The molecule has 0 aliphatic carbocycles. The molecule has 4 aliphatic rings. The molecule has 16 unspecified atom stereocenters. The molecule has 4 rings (SSSR count). The molecule has 105 heavy (non-hydrogen) atoms. The van der Waals surface area contributed by atoms with Crippen LogP contribution in [0.15, 0.2) is 0 Å². The molecule has 41 heteroatoms. The van der Waals surface area contributed by atoms with Gasteiger partial charge in [-0.05, 0) is 31.1 Å². The quantitative estimate of drug-likeness (QED) is 0.0199. The fraction of sp³-hybridized carbons (Fsp3) is 0.875. The molecule has 608 valence electrons. The van der Waals surface area contributed by atoms with Gasteiger partial charge in [0.05, 0.1) is 131 Å². The standard InChI is InChI=1S/C64H116N9O31P/c1-40(77)68-52-58(88)55(85)44(36-74)101-61(52)98-30-27-95-22-15-67-49(82)35-73(51(84)10-7-9-50(83)72-18-11-43(12-19-72)104-105(91,92)39-64(4,5)6)17-8-16-71(33-47(80)65-13-20-93-23-25-96-28-31-99-62-53(69-41(2)78)59(89)56(86)45(37-75)102-62)34-48(81)66-14-21-94-24-26-97-29-32-100-63-54(70-42(3)79)60(90)57(87)46(38-76)103-63/h43-46,52-63,74-76,85-90H,7-39H2,1-6H3,(H,65,80)(H,66,81)(H,67,82)(H,68,77)(H,69,78)(H,70,79)(H,91,92)/p-1. The molecule has 4 heterocycles. The van der Waals surface area contributed by atoms with Crippen molar-refractivity contribution < 1.29 is 150 Å². The van der Waals surface area contributed by atoms with Crippen LogP contribution in [0, 0.1) is 5.41 Å². The number of carbonyl (C=O) groups is 8. The number of nitrogens with zero attached hydrogens (tertiary/aromatic N) is 3. The van der Waals surface area contributed by atoms with Gasteiger partial charge in [-0.25, -0.2) is 0 Å². The van der Waals surface area contributed by atoms with Crippen molar-refractivity contribution >= 4 is 54.9 Å². The van der Waals surface area contributed by atoms with E-state index in [0.717, 1.165) is 0 Å². The Morgan fingerprint density at radius 3 is 1.20 bits per heavy atom. The predicted molar refractivity (Wildman–Crippen MR) is 361 cm³/mol. The number of aliphatic hydroxyl groups excluding tert-OH is 9. The fourth-order valence-corrected chi connectivity index (χ4v) is 13.4. The molecule has 4 saturated heterocycles. The van der Waals surface area contributed by atoms with Crippen molar-refractivity contribution in [2.45, 2.75) is 178 Å². The molecule has 0 aromatic carbocycles. The van der Waals surface area contributed by atoms with Crippen molar-refractivity contribution in [1.82, 2.24) is 46.6 Å². The maximum Gasteiger partial charge on any atom is 0.239 e. The van der Waals surface area contributed by atoms with Gasteiger partial charge < -0.3 is 154 Å². The Labute approximate surface area is 610 Å². The van der Waals surface area contributed by atoms with Crippen LogP contribution in [0.2, 0.25) is 0 Å². The lowest BCUT2D eigenvalue weighted by molar-refractivity contribution is -0.272. The summed E-state index contributed by atoms with van der Waals surface area (Å²) < 4.78 is 79.7. The van der Waals surface area contributed by atoms with E-state index in [0.29, 0.717) is 12.8 Å². The Hall–Kier alpha value is -4.93. The van der Waals surface area contributed by atoms with Crippen LogP contribution in [0.4, 0.5) is 0 Å². The monoisotopic (exact) mass is 1540 g/mol. The Morgan fingerprint density at radius 2 is 0.848 bits per heavy atom. The lowest BCUT2D eigenvalue weighted by Gasteiger charge is -2.42. The Kier molecular flexibility index (Phi) is 43.4. The largest absolute Gasteiger partial charge is 0.778 e. The third-order valence-electron chi connectivity index (χ3n) is 16.6. The minimum absolute atomic E-state index is 0.0246. The zero-order valence-corrected chi connectivity index (χ0v) is 61.8. The van der Waals surface area contributed by atoms with Crippen molar-refractivity contribution in [2.24, 2.45) is 5.41 Å². The lowest BCUT2D eigenvalue weighted by atomic mass is 9.97. The Morgan fingerprint density at radius 1 is 0.495 bits per heavy atom. The summed E-state index contributed by atoms with van der Waals surface area (Å²) >= 11 is 0. The van der Waals surface area contributed by atoms with Gasteiger partial charge in [-0.1, -0.05) is 20.8 Å². The van der Waals surface area contributed by atoms with Crippen LogP contribution in [-0.2, 0) is 99.6 Å². The first kappa shape index (κ1) is 92.5. The van der Waals surface area contributed by atoms with Crippen molar-refractivity contribution in [3.63, 3.8) is 0 Å². The SMILES string of the molecule is CC(=O)NC1C(OCCOCCNC(=O)CN(CCCN(CC(=O)NCCOCCOCCOC2OC(CO)C(O)C(O)C2NC(C)=O)CC(=O)NCCOCCOCCOC2OC(CO)C(O)C(O)C2NC(C)=O)C(=O)CCCC(=O)N2CCC(OP(=O)([O-])CC(C)(C)C)CC2)OC(CO)C(O)C1O. The van der Waals surface area contributed by atoms with Crippen LogP contribution >= 0.6 is 7.60 Å². The average molecular weight is 1540 g/mol. The smallest absolute Gasteiger partial charge is 0.239 e. The highest BCUT2D eigenvalue weighted by atomic mass is 31.2. The normalized spacial score (nSPS) is 26.5. The number of nitrogens with one attached hydrogen (secondary N) is 6. The van der Waals surface area contributed by atoms with Crippen LogP contribution in [0.1, 0.15) is 80.1 Å². The van der Waals surface area contributed by atoms with Crippen molar-refractivity contribution in [3.05, 3.63) is 0 Å². The van der Waals surface area contributed by atoms with E-state index in [-0.39, 0.29) is 183 Å². The van der Waals surface area contributed by atoms with Gasteiger partial charge in [-0.15, -0.1) is 0 Å². The molecule has 0 saturated carbocycles. The summed E-state index contributed by atoms with van der Waals surface area (Å²) in [7, 11) is -4.13. The van der Waals surface area contributed by atoms with Crippen LogP contribution in [-0.4, -0.2) is 383 Å². The van der Waals surface area contributed by atoms with Crippen molar-refractivity contribution in [3.8, 4) is 0 Å². The van der Waals surface area contributed by atoms with Gasteiger partial charge >= 0.3 is 0 Å². The number of carbonyl (C=O) groups excluding carboxylic acids is 8. The number of rotatable bonds is 50. The molecule has 16 atom stereocenters. The molecule has 40 nitrogen and oxygen atoms in total. The number of likely N-dealkylation sites (tertiary alicyclic amines) is 1. The number of piperidine rings is 1.